The van der Waals surface area contributed by atoms with Gasteiger partial charge in [-0.3, -0.25) is 0 Å². The van der Waals surface area contributed by atoms with Crippen molar-refractivity contribution in [2.75, 3.05) is 17.6 Å². The van der Waals surface area contributed by atoms with E-state index in [1.807, 2.05) is 24.3 Å². The summed E-state index contributed by atoms with van der Waals surface area (Å²) < 4.78 is 13.6. The van der Waals surface area contributed by atoms with E-state index < -0.39 is 0 Å². The highest BCUT2D eigenvalue weighted by atomic mass is 35.5. The molecule has 1 fully saturated rings. The molecular weight excluding hydrogens is 335 g/mol. The summed E-state index contributed by atoms with van der Waals surface area (Å²) in [5.41, 5.74) is 2.05. The molecule has 23 heavy (non-hydrogen) atoms. The maximum atomic E-state index is 13.6. The molecule has 2 aromatic carbocycles. The molecule has 3 nitrogen and oxygen atoms in total. The molecule has 0 aromatic heterocycles. The van der Waals surface area contributed by atoms with Crippen molar-refractivity contribution in [1.82, 2.24) is 4.90 Å². The zero-order valence-electron chi connectivity index (χ0n) is 12.6. The third-order valence-corrected chi connectivity index (χ3v) is 5.24. The topological polar surface area (TPSA) is 32.3 Å². The number of nitrogens with zero attached hydrogens (tertiary/aromatic N) is 1. The number of nitrogens with one attached hydrogen (secondary N) is 1. The molecule has 1 unspecified atom stereocenters. The Hall–Kier alpha value is -1.72. The van der Waals surface area contributed by atoms with E-state index in [0.717, 1.165) is 11.3 Å². The predicted octanol–water partition coefficient (Wildman–Crippen LogP) is 5.07. The van der Waals surface area contributed by atoms with Crippen molar-refractivity contribution in [1.29, 1.82) is 0 Å². The molecule has 1 aliphatic rings. The molecule has 1 N–H and O–H groups in total. The molecule has 2 amide bonds. The third kappa shape index (κ3) is 3.62. The number of hydrogen-bond donors (Lipinski definition) is 1. The average Bonchev–Trinajstić information content (AvgIpc) is 3.01. The lowest BCUT2D eigenvalue weighted by Crippen LogP contribution is -2.34. The lowest BCUT2D eigenvalue weighted by molar-refractivity contribution is 0.214. The van der Waals surface area contributed by atoms with Crippen molar-refractivity contribution in [2.45, 2.75) is 12.3 Å². The fraction of sp³-hybridized carbons (Fsp3) is 0.235. The van der Waals surface area contributed by atoms with Gasteiger partial charge in [-0.1, -0.05) is 29.8 Å². The van der Waals surface area contributed by atoms with Gasteiger partial charge in [0.05, 0.1) is 0 Å². The van der Waals surface area contributed by atoms with Crippen molar-refractivity contribution >= 4 is 35.1 Å². The second kappa shape index (κ2) is 6.81. The van der Waals surface area contributed by atoms with Crippen molar-refractivity contribution < 1.29 is 9.18 Å². The van der Waals surface area contributed by atoms with Gasteiger partial charge in [-0.25, -0.2) is 9.18 Å². The number of rotatable bonds is 2. The van der Waals surface area contributed by atoms with Crippen LogP contribution in [0.2, 0.25) is 5.02 Å². The van der Waals surface area contributed by atoms with E-state index >= 15 is 0 Å². The Kier molecular flexibility index (Phi) is 4.78. The first-order valence-electron chi connectivity index (χ1n) is 7.25. The number of carbonyl (C=O) groups excluding carboxylic acids is 1. The quantitative estimate of drug-likeness (QED) is 0.820. The lowest BCUT2D eigenvalue weighted by atomic mass is 10.2. The first-order chi connectivity index (χ1) is 11.0. The molecular formula is C17H16ClFN2OS. The van der Waals surface area contributed by atoms with Gasteiger partial charge in [-0.15, -0.1) is 11.8 Å². The van der Waals surface area contributed by atoms with Gasteiger partial charge < -0.3 is 10.2 Å². The highest BCUT2D eigenvalue weighted by molar-refractivity contribution is 7.99. The van der Waals surface area contributed by atoms with Crippen molar-refractivity contribution in [3.63, 3.8) is 0 Å². The number of urea groups is 1. The average molecular weight is 351 g/mol. The van der Waals surface area contributed by atoms with Crippen LogP contribution in [0.25, 0.3) is 0 Å². The summed E-state index contributed by atoms with van der Waals surface area (Å²) in [4.78, 5) is 14.3. The summed E-state index contributed by atoms with van der Waals surface area (Å²) in [6.45, 7) is 2.34. The number of amides is 2. The second-order valence-electron chi connectivity index (χ2n) is 5.36. The number of anilines is 1. The van der Waals surface area contributed by atoms with Crippen molar-refractivity contribution in [3.8, 4) is 0 Å². The highest BCUT2D eigenvalue weighted by Gasteiger charge is 2.30. The third-order valence-electron chi connectivity index (χ3n) is 3.73. The van der Waals surface area contributed by atoms with E-state index in [1.54, 1.807) is 35.7 Å². The Morgan fingerprint density at radius 1 is 1.30 bits per heavy atom. The SMILES string of the molecule is Cc1ccc(NC(=O)N2CCSC2c2ccc(Cl)cc2)cc1F. The minimum atomic E-state index is -0.326. The van der Waals surface area contributed by atoms with Gasteiger partial charge >= 0.3 is 6.03 Å². The molecule has 1 saturated heterocycles. The summed E-state index contributed by atoms with van der Waals surface area (Å²) in [6.07, 6.45) is 0. The normalized spacial score (nSPS) is 17.3. The van der Waals surface area contributed by atoms with Gasteiger partial charge in [0.1, 0.15) is 11.2 Å². The highest BCUT2D eigenvalue weighted by Crippen LogP contribution is 2.38. The molecule has 2 aromatic rings. The van der Waals surface area contributed by atoms with Crippen LogP contribution < -0.4 is 5.32 Å². The van der Waals surface area contributed by atoms with Gasteiger partial charge in [-0.05, 0) is 42.3 Å². The molecule has 1 heterocycles. The van der Waals surface area contributed by atoms with E-state index in [4.69, 9.17) is 11.6 Å². The van der Waals surface area contributed by atoms with Crippen LogP contribution in [0.3, 0.4) is 0 Å². The fourth-order valence-corrected chi connectivity index (χ4v) is 3.83. The standard InChI is InChI=1S/C17H16ClFN2OS/c1-11-2-7-14(10-15(11)19)20-17(22)21-8-9-23-16(21)12-3-5-13(18)6-4-12/h2-7,10,16H,8-9H2,1H3,(H,20,22). The van der Waals surface area contributed by atoms with E-state index in [0.29, 0.717) is 22.8 Å². The Labute approximate surface area is 143 Å². The van der Waals surface area contributed by atoms with Gasteiger partial charge in [0, 0.05) is 23.0 Å². The smallest absolute Gasteiger partial charge is 0.308 e. The zero-order valence-corrected chi connectivity index (χ0v) is 14.1. The Morgan fingerprint density at radius 2 is 2.04 bits per heavy atom. The first-order valence-corrected chi connectivity index (χ1v) is 8.68. The number of hydrogen-bond acceptors (Lipinski definition) is 2. The number of carbonyl (C=O) groups is 1. The molecule has 6 heteroatoms. The second-order valence-corrected chi connectivity index (χ2v) is 6.99. The summed E-state index contributed by atoms with van der Waals surface area (Å²) in [6, 6.07) is 12.0. The molecule has 1 aliphatic heterocycles. The van der Waals surface area contributed by atoms with Crippen molar-refractivity contribution in [3.05, 3.63) is 64.4 Å². The minimum absolute atomic E-state index is 0.0532. The lowest BCUT2D eigenvalue weighted by Gasteiger charge is -2.24. The number of thioether (sulfide) groups is 1. The molecule has 0 spiro atoms. The van der Waals surface area contributed by atoms with E-state index in [-0.39, 0.29) is 17.2 Å². The van der Waals surface area contributed by atoms with E-state index in [1.165, 1.54) is 6.07 Å². The number of aryl methyl sites for hydroxylation is 1. The summed E-state index contributed by atoms with van der Waals surface area (Å²) in [5.74, 6) is 0.538. The largest absolute Gasteiger partial charge is 0.323 e. The van der Waals surface area contributed by atoms with Gasteiger partial charge in [0.15, 0.2) is 0 Å². The number of benzene rings is 2. The van der Waals surface area contributed by atoms with Gasteiger partial charge in [0.2, 0.25) is 0 Å². The van der Waals surface area contributed by atoms with Crippen LogP contribution in [-0.2, 0) is 0 Å². The van der Waals surface area contributed by atoms with Crippen LogP contribution in [0.4, 0.5) is 14.9 Å². The maximum Gasteiger partial charge on any atom is 0.323 e. The van der Waals surface area contributed by atoms with Crippen LogP contribution in [0.15, 0.2) is 42.5 Å². The number of halogens is 2. The van der Waals surface area contributed by atoms with Crippen LogP contribution in [0.1, 0.15) is 16.5 Å². The van der Waals surface area contributed by atoms with E-state index in [9.17, 15) is 9.18 Å². The molecule has 0 aliphatic carbocycles. The summed E-state index contributed by atoms with van der Waals surface area (Å²) in [5, 5.41) is 3.39. The Balaban J connectivity index is 1.75. The van der Waals surface area contributed by atoms with Crippen LogP contribution in [0, 0.1) is 12.7 Å². The Bertz CT molecular complexity index is 723. The van der Waals surface area contributed by atoms with Gasteiger partial charge in [-0.2, -0.15) is 0 Å². The van der Waals surface area contributed by atoms with E-state index in [2.05, 4.69) is 5.32 Å². The van der Waals surface area contributed by atoms with Crippen LogP contribution >= 0.6 is 23.4 Å². The van der Waals surface area contributed by atoms with Crippen LogP contribution in [0.5, 0.6) is 0 Å². The molecule has 1 atom stereocenters. The monoisotopic (exact) mass is 350 g/mol. The summed E-state index contributed by atoms with van der Waals surface area (Å²) in [7, 11) is 0. The minimum Gasteiger partial charge on any atom is -0.308 e. The maximum absolute atomic E-state index is 13.6. The first kappa shape index (κ1) is 16.1. The molecule has 0 bridgehead atoms. The predicted molar refractivity (Wildman–Crippen MR) is 93.5 cm³/mol. The molecule has 3 rings (SSSR count). The van der Waals surface area contributed by atoms with Gasteiger partial charge in [0.25, 0.3) is 0 Å². The summed E-state index contributed by atoms with van der Waals surface area (Å²) >= 11 is 7.62. The molecule has 120 valence electrons. The van der Waals surface area contributed by atoms with Crippen LogP contribution in [-0.4, -0.2) is 23.2 Å². The Morgan fingerprint density at radius 3 is 2.74 bits per heavy atom. The zero-order chi connectivity index (χ0) is 16.4. The molecule has 0 radical (unpaired) electrons. The van der Waals surface area contributed by atoms with Crippen molar-refractivity contribution in [2.24, 2.45) is 0 Å². The fourth-order valence-electron chi connectivity index (χ4n) is 2.45. The molecule has 0 saturated carbocycles.